The maximum atomic E-state index is 12.5. The summed E-state index contributed by atoms with van der Waals surface area (Å²) in [5, 5.41) is 4.20. The monoisotopic (exact) mass is 285 g/mol. The van der Waals surface area contributed by atoms with Crippen molar-refractivity contribution in [1.82, 2.24) is 24.6 Å². The van der Waals surface area contributed by atoms with Gasteiger partial charge in [0.15, 0.2) is 0 Å². The lowest BCUT2D eigenvalue weighted by Crippen LogP contribution is -2.39. The van der Waals surface area contributed by atoms with E-state index in [1.165, 1.54) is 0 Å². The zero-order valence-electron chi connectivity index (χ0n) is 12.4. The van der Waals surface area contributed by atoms with Crippen molar-refractivity contribution in [1.29, 1.82) is 0 Å². The van der Waals surface area contributed by atoms with E-state index in [0.717, 1.165) is 30.6 Å². The lowest BCUT2D eigenvalue weighted by molar-refractivity contribution is 0.0699. The van der Waals surface area contributed by atoms with Crippen molar-refractivity contribution in [3.8, 4) is 0 Å². The van der Waals surface area contributed by atoms with Gasteiger partial charge in [-0.15, -0.1) is 0 Å². The highest BCUT2D eigenvalue weighted by molar-refractivity contribution is 5.92. The Bertz CT molecular complexity index is 651. The molecule has 1 aliphatic rings. The maximum absolute atomic E-state index is 12.5. The third-order valence-electron chi connectivity index (χ3n) is 3.96. The molecule has 3 heterocycles. The third-order valence-corrected chi connectivity index (χ3v) is 3.96. The summed E-state index contributed by atoms with van der Waals surface area (Å²) in [5.74, 6) is 0.293. The largest absolute Gasteiger partial charge is 0.337 e. The molecule has 2 aromatic rings. The molecule has 110 valence electrons. The number of carbonyl (C=O) groups is 1. The number of aryl methyl sites for hydroxylation is 2. The Hall–Kier alpha value is -2.24. The predicted molar refractivity (Wildman–Crippen MR) is 77.9 cm³/mol. The predicted octanol–water partition coefficient (Wildman–Crippen LogP) is 1.54. The molecule has 1 fully saturated rings. The van der Waals surface area contributed by atoms with Crippen LogP contribution in [0, 0.1) is 6.92 Å². The van der Waals surface area contributed by atoms with Gasteiger partial charge in [0.25, 0.3) is 5.91 Å². The molecular weight excluding hydrogens is 266 g/mol. The first-order valence-corrected chi connectivity index (χ1v) is 7.20. The number of nitrogens with zero attached hydrogens (tertiary/aromatic N) is 5. The zero-order chi connectivity index (χ0) is 14.8. The van der Waals surface area contributed by atoms with Crippen molar-refractivity contribution in [2.24, 2.45) is 7.05 Å². The van der Waals surface area contributed by atoms with Crippen LogP contribution in [0.2, 0.25) is 0 Å². The van der Waals surface area contributed by atoms with Crippen LogP contribution >= 0.6 is 0 Å². The molecule has 0 radical (unpaired) electrons. The van der Waals surface area contributed by atoms with Crippen molar-refractivity contribution in [2.45, 2.75) is 25.7 Å². The Morgan fingerprint density at radius 3 is 3.00 bits per heavy atom. The number of hydrogen-bond donors (Lipinski definition) is 0. The smallest absolute Gasteiger partial charge is 0.274 e. The number of aromatic nitrogens is 4. The number of piperidine rings is 1. The van der Waals surface area contributed by atoms with E-state index < -0.39 is 0 Å². The second-order valence-corrected chi connectivity index (χ2v) is 5.56. The van der Waals surface area contributed by atoms with E-state index in [9.17, 15) is 4.79 Å². The topological polar surface area (TPSA) is 63.9 Å². The van der Waals surface area contributed by atoms with Gasteiger partial charge in [0.05, 0.1) is 5.69 Å². The molecule has 1 aliphatic heterocycles. The fourth-order valence-electron chi connectivity index (χ4n) is 2.91. The Kier molecular flexibility index (Phi) is 3.68. The van der Waals surface area contributed by atoms with E-state index in [4.69, 9.17) is 0 Å². The van der Waals surface area contributed by atoms with Crippen LogP contribution in [0.5, 0.6) is 0 Å². The van der Waals surface area contributed by atoms with Gasteiger partial charge in [-0.3, -0.25) is 9.48 Å². The first-order chi connectivity index (χ1) is 10.1. The minimum Gasteiger partial charge on any atom is -0.337 e. The summed E-state index contributed by atoms with van der Waals surface area (Å²) in [6.07, 6.45) is 7.27. The molecule has 3 rings (SSSR count). The fourth-order valence-corrected chi connectivity index (χ4v) is 2.91. The summed E-state index contributed by atoms with van der Waals surface area (Å²) < 4.78 is 1.66. The summed E-state index contributed by atoms with van der Waals surface area (Å²) in [5.41, 5.74) is 2.66. The van der Waals surface area contributed by atoms with E-state index in [1.807, 2.05) is 25.1 Å². The van der Waals surface area contributed by atoms with Crippen LogP contribution in [-0.4, -0.2) is 43.6 Å². The molecule has 1 atom stereocenters. The molecule has 0 unspecified atom stereocenters. The molecule has 0 aromatic carbocycles. The molecule has 2 aromatic heterocycles. The first-order valence-electron chi connectivity index (χ1n) is 7.20. The molecule has 0 aliphatic carbocycles. The second kappa shape index (κ2) is 5.63. The highest BCUT2D eigenvalue weighted by Gasteiger charge is 2.28. The highest BCUT2D eigenvalue weighted by atomic mass is 16.2. The van der Waals surface area contributed by atoms with Gasteiger partial charge in [0.2, 0.25) is 0 Å². The van der Waals surface area contributed by atoms with E-state index >= 15 is 0 Å². The number of rotatable bonds is 2. The minimum atomic E-state index is 0.00649. The van der Waals surface area contributed by atoms with Gasteiger partial charge in [-0.25, -0.2) is 9.97 Å². The lowest BCUT2D eigenvalue weighted by Gasteiger charge is -2.32. The second-order valence-electron chi connectivity index (χ2n) is 5.56. The van der Waals surface area contributed by atoms with Crippen molar-refractivity contribution >= 4 is 5.91 Å². The average Bonchev–Trinajstić information content (AvgIpc) is 2.94. The summed E-state index contributed by atoms with van der Waals surface area (Å²) in [6.45, 7) is 3.51. The highest BCUT2D eigenvalue weighted by Crippen LogP contribution is 2.27. The number of carbonyl (C=O) groups excluding carboxylic acids is 1. The van der Waals surface area contributed by atoms with E-state index in [-0.39, 0.29) is 11.8 Å². The molecule has 0 bridgehead atoms. The fraction of sp³-hybridized carbons (Fsp3) is 0.467. The first kappa shape index (κ1) is 13.7. The zero-order valence-corrected chi connectivity index (χ0v) is 12.4. The number of amides is 1. The van der Waals surface area contributed by atoms with Crippen molar-refractivity contribution < 1.29 is 4.79 Å². The SMILES string of the molecule is Cc1cncnc1[C@@H]1CCCN(C(=O)c2ccn(C)n2)C1. The summed E-state index contributed by atoms with van der Waals surface area (Å²) in [7, 11) is 1.82. The van der Waals surface area contributed by atoms with E-state index in [2.05, 4.69) is 15.1 Å². The van der Waals surface area contributed by atoms with Gasteiger partial charge < -0.3 is 4.90 Å². The van der Waals surface area contributed by atoms with Crippen LogP contribution in [0.25, 0.3) is 0 Å². The van der Waals surface area contributed by atoms with Crippen LogP contribution in [0.3, 0.4) is 0 Å². The van der Waals surface area contributed by atoms with Crippen LogP contribution < -0.4 is 0 Å². The summed E-state index contributed by atoms with van der Waals surface area (Å²) in [6, 6.07) is 1.77. The third kappa shape index (κ3) is 2.79. The van der Waals surface area contributed by atoms with E-state index in [0.29, 0.717) is 12.2 Å². The quantitative estimate of drug-likeness (QED) is 0.839. The molecule has 21 heavy (non-hydrogen) atoms. The van der Waals surface area contributed by atoms with Crippen molar-refractivity contribution in [2.75, 3.05) is 13.1 Å². The Morgan fingerprint density at radius 1 is 1.43 bits per heavy atom. The van der Waals surface area contributed by atoms with Crippen molar-refractivity contribution in [3.05, 3.63) is 41.7 Å². The number of hydrogen-bond acceptors (Lipinski definition) is 4. The van der Waals surface area contributed by atoms with Crippen LogP contribution in [0.15, 0.2) is 24.8 Å². The molecule has 1 amide bonds. The minimum absolute atomic E-state index is 0.00649. The van der Waals surface area contributed by atoms with Gasteiger partial charge >= 0.3 is 0 Å². The average molecular weight is 285 g/mol. The van der Waals surface area contributed by atoms with Gasteiger partial charge in [-0.2, -0.15) is 5.10 Å². The Morgan fingerprint density at radius 2 is 2.29 bits per heavy atom. The summed E-state index contributed by atoms with van der Waals surface area (Å²) in [4.78, 5) is 22.8. The van der Waals surface area contributed by atoms with Gasteiger partial charge in [-0.1, -0.05) is 0 Å². The molecule has 1 saturated heterocycles. The maximum Gasteiger partial charge on any atom is 0.274 e. The summed E-state index contributed by atoms with van der Waals surface area (Å²) >= 11 is 0. The molecule has 6 nitrogen and oxygen atoms in total. The van der Waals surface area contributed by atoms with Crippen LogP contribution in [-0.2, 0) is 7.05 Å². The van der Waals surface area contributed by atoms with Gasteiger partial charge in [0, 0.05) is 38.4 Å². The normalized spacial score (nSPS) is 18.8. The van der Waals surface area contributed by atoms with Crippen molar-refractivity contribution in [3.63, 3.8) is 0 Å². The van der Waals surface area contributed by atoms with Gasteiger partial charge in [-0.05, 0) is 31.4 Å². The molecule has 6 heteroatoms. The lowest BCUT2D eigenvalue weighted by atomic mass is 9.92. The molecular formula is C15H19N5O. The van der Waals surface area contributed by atoms with E-state index in [1.54, 1.807) is 23.3 Å². The standard InChI is InChI=1S/C15H19N5O/c1-11-8-16-10-17-14(11)12-4-3-6-20(9-12)15(21)13-5-7-19(2)18-13/h5,7-8,10,12H,3-4,6,9H2,1-2H3/t12-/m1/s1. The van der Waals surface area contributed by atoms with Crippen LogP contribution in [0.4, 0.5) is 0 Å². The molecule has 0 spiro atoms. The molecule has 0 saturated carbocycles. The molecule has 0 N–H and O–H groups in total. The Labute approximate surface area is 123 Å². The Balaban J connectivity index is 1.77. The van der Waals surface area contributed by atoms with Gasteiger partial charge in [0.1, 0.15) is 12.0 Å². The number of likely N-dealkylation sites (tertiary alicyclic amines) is 1. The van der Waals surface area contributed by atoms with Crippen LogP contribution in [0.1, 0.15) is 40.5 Å².